The standard InChI is InChI=1S/C11H13N3O2S/c12-8-9-1-2-11(10(13)7-9)14-3-5-17(15,16)6-4-14/h1-2,7H,3-6,13H2. The lowest BCUT2D eigenvalue weighted by Gasteiger charge is -2.29. The van der Waals surface area contributed by atoms with Crippen molar-refractivity contribution in [2.45, 2.75) is 0 Å². The number of hydrogen-bond acceptors (Lipinski definition) is 5. The Morgan fingerprint density at radius 3 is 2.47 bits per heavy atom. The predicted octanol–water partition coefficient (Wildman–Crippen LogP) is 0.375. The second kappa shape index (κ2) is 4.26. The quantitative estimate of drug-likeness (QED) is 0.729. The summed E-state index contributed by atoms with van der Waals surface area (Å²) < 4.78 is 22.6. The maximum Gasteiger partial charge on any atom is 0.153 e. The van der Waals surface area contributed by atoms with E-state index in [0.29, 0.717) is 24.3 Å². The van der Waals surface area contributed by atoms with Crippen molar-refractivity contribution < 1.29 is 8.42 Å². The molecule has 1 aliphatic heterocycles. The van der Waals surface area contributed by atoms with Crippen molar-refractivity contribution in [2.75, 3.05) is 35.2 Å². The Hall–Kier alpha value is -1.74. The molecule has 6 heteroatoms. The molecule has 1 aliphatic rings. The van der Waals surface area contributed by atoms with Crippen molar-refractivity contribution in [1.82, 2.24) is 0 Å². The zero-order valence-electron chi connectivity index (χ0n) is 9.26. The number of anilines is 2. The smallest absolute Gasteiger partial charge is 0.153 e. The van der Waals surface area contributed by atoms with Crippen LogP contribution in [0.2, 0.25) is 0 Å². The molecule has 90 valence electrons. The summed E-state index contributed by atoms with van der Waals surface area (Å²) in [5.41, 5.74) is 7.68. The van der Waals surface area contributed by atoms with Gasteiger partial charge in [0, 0.05) is 13.1 Å². The number of nitrogens with zero attached hydrogens (tertiary/aromatic N) is 2. The highest BCUT2D eigenvalue weighted by atomic mass is 32.2. The average Bonchev–Trinajstić information content (AvgIpc) is 2.29. The van der Waals surface area contributed by atoms with Crippen molar-refractivity contribution in [3.05, 3.63) is 23.8 Å². The fraction of sp³-hybridized carbons (Fsp3) is 0.364. The van der Waals surface area contributed by atoms with Crippen LogP contribution in [0.25, 0.3) is 0 Å². The first-order valence-electron chi connectivity index (χ1n) is 5.27. The molecular weight excluding hydrogens is 238 g/mol. The van der Waals surface area contributed by atoms with Crippen LogP contribution < -0.4 is 10.6 Å². The zero-order valence-corrected chi connectivity index (χ0v) is 10.1. The van der Waals surface area contributed by atoms with Gasteiger partial charge in [-0.15, -0.1) is 0 Å². The molecule has 0 spiro atoms. The van der Waals surface area contributed by atoms with Crippen molar-refractivity contribution >= 4 is 21.2 Å². The number of sulfone groups is 1. The molecule has 0 unspecified atom stereocenters. The summed E-state index contributed by atoms with van der Waals surface area (Å²) in [5.74, 6) is 0.318. The van der Waals surface area contributed by atoms with Crippen LogP contribution in [-0.2, 0) is 9.84 Å². The van der Waals surface area contributed by atoms with E-state index in [4.69, 9.17) is 11.0 Å². The monoisotopic (exact) mass is 251 g/mol. The topological polar surface area (TPSA) is 87.2 Å². The lowest BCUT2D eigenvalue weighted by atomic mass is 10.1. The third kappa shape index (κ3) is 2.50. The van der Waals surface area contributed by atoms with Gasteiger partial charge in [0.25, 0.3) is 0 Å². The van der Waals surface area contributed by atoms with Crippen molar-refractivity contribution in [1.29, 1.82) is 5.26 Å². The average molecular weight is 251 g/mol. The van der Waals surface area contributed by atoms with E-state index in [0.717, 1.165) is 5.69 Å². The highest BCUT2D eigenvalue weighted by Crippen LogP contribution is 2.25. The first kappa shape index (κ1) is 11.7. The van der Waals surface area contributed by atoms with E-state index in [2.05, 4.69) is 0 Å². The highest BCUT2D eigenvalue weighted by molar-refractivity contribution is 7.91. The molecule has 1 fully saturated rings. The molecule has 0 radical (unpaired) electrons. The molecule has 2 N–H and O–H groups in total. The zero-order chi connectivity index (χ0) is 12.5. The van der Waals surface area contributed by atoms with E-state index in [-0.39, 0.29) is 11.5 Å². The van der Waals surface area contributed by atoms with Crippen LogP contribution in [-0.4, -0.2) is 33.0 Å². The van der Waals surface area contributed by atoms with Crippen LogP contribution in [0.15, 0.2) is 18.2 Å². The summed E-state index contributed by atoms with van der Waals surface area (Å²) in [6.45, 7) is 0.914. The number of hydrogen-bond donors (Lipinski definition) is 1. The number of rotatable bonds is 1. The van der Waals surface area contributed by atoms with E-state index in [1.807, 2.05) is 11.0 Å². The van der Waals surface area contributed by atoms with Gasteiger partial charge >= 0.3 is 0 Å². The summed E-state index contributed by atoms with van der Waals surface area (Å²) >= 11 is 0. The van der Waals surface area contributed by atoms with Gasteiger partial charge < -0.3 is 10.6 Å². The number of nitrogens with two attached hydrogens (primary N) is 1. The minimum Gasteiger partial charge on any atom is -0.397 e. The molecule has 0 atom stereocenters. The number of benzene rings is 1. The first-order chi connectivity index (χ1) is 8.02. The van der Waals surface area contributed by atoms with Gasteiger partial charge in [0.2, 0.25) is 0 Å². The van der Waals surface area contributed by atoms with Gasteiger partial charge in [0.1, 0.15) is 0 Å². The molecule has 17 heavy (non-hydrogen) atoms. The normalized spacial score (nSPS) is 18.6. The Balaban J connectivity index is 2.22. The second-order valence-electron chi connectivity index (χ2n) is 4.02. The number of nitriles is 1. The molecule has 1 aromatic rings. The minimum atomic E-state index is -2.88. The van der Waals surface area contributed by atoms with Gasteiger partial charge in [-0.05, 0) is 18.2 Å². The Kier molecular flexibility index (Phi) is 2.94. The minimum absolute atomic E-state index is 0.159. The first-order valence-corrected chi connectivity index (χ1v) is 7.09. The molecule has 0 saturated carbocycles. The molecule has 1 aromatic carbocycles. The summed E-state index contributed by atoms with van der Waals surface area (Å²) in [7, 11) is -2.88. The summed E-state index contributed by atoms with van der Waals surface area (Å²) in [6, 6.07) is 7.09. The molecule has 1 saturated heterocycles. The van der Waals surface area contributed by atoms with E-state index in [1.165, 1.54) is 0 Å². The lowest BCUT2D eigenvalue weighted by molar-refractivity contribution is 0.587. The fourth-order valence-electron chi connectivity index (χ4n) is 1.87. The van der Waals surface area contributed by atoms with Gasteiger partial charge in [-0.3, -0.25) is 0 Å². The van der Waals surface area contributed by atoms with Gasteiger partial charge in [-0.25, -0.2) is 8.42 Å². The number of nitrogen functional groups attached to an aromatic ring is 1. The van der Waals surface area contributed by atoms with Crippen LogP contribution in [0.3, 0.4) is 0 Å². The van der Waals surface area contributed by atoms with Gasteiger partial charge in [-0.1, -0.05) is 0 Å². The maximum absolute atomic E-state index is 11.3. The van der Waals surface area contributed by atoms with Gasteiger partial charge in [0.05, 0.1) is 34.5 Å². The third-order valence-corrected chi connectivity index (χ3v) is 4.45. The van der Waals surface area contributed by atoms with E-state index < -0.39 is 9.84 Å². The van der Waals surface area contributed by atoms with Crippen molar-refractivity contribution in [2.24, 2.45) is 0 Å². The highest BCUT2D eigenvalue weighted by Gasteiger charge is 2.22. The van der Waals surface area contributed by atoms with Crippen LogP contribution in [0.4, 0.5) is 11.4 Å². The summed E-state index contributed by atoms with van der Waals surface area (Å²) in [6.07, 6.45) is 0. The van der Waals surface area contributed by atoms with E-state index in [1.54, 1.807) is 18.2 Å². The second-order valence-corrected chi connectivity index (χ2v) is 6.33. The van der Waals surface area contributed by atoms with Crippen molar-refractivity contribution in [3.8, 4) is 6.07 Å². The molecular formula is C11H13N3O2S. The molecule has 0 aliphatic carbocycles. The Bertz CT molecular complexity index is 561. The van der Waals surface area contributed by atoms with Crippen LogP contribution in [0.1, 0.15) is 5.56 Å². The lowest BCUT2D eigenvalue weighted by Crippen LogP contribution is -2.40. The molecule has 5 nitrogen and oxygen atoms in total. The molecule has 0 amide bonds. The predicted molar refractivity (Wildman–Crippen MR) is 66.4 cm³/mol. The molecule has 0 aromatic heterocycles. The SMILES string of the molecule is N#Cc1ccc(N2CCS(=O)(=O)CC2)c(N)c1. The molecule has 2 rings (SSSR count). The van der Waals surface area contributed by atoms with Crippen LogP contribution in [0, 0.1) is 11.3 Å². The van der Waals surface area contributed by atoms with Gasteiger partial charge in [0.15, 0.2) is 9.84 Å². The molecule has 1 heterocycles. The van der Waals surface area contributed by atoms with Gasteiger partial charge in [-0.2, -0.15) is 5.26 Å². The summed E-state index contributed by atoms with van der Waals surface area (Å²) in [5, 5.41) is 8.73. The van der Waals surface area contributed by atoms with Crippen LogP contribution in [0.5, 0.6) is 0 Å². The largest absolute Gasteiger partial charge is 0.397 e. The maximum atomic E-state index is 11.3. The third-order valence-electron chi connectivity index (χ3n) is 2.84. The molecule has 0 bridgehead atoms. The summed E-state index contributed by atoms with van der Waals surface area (Å²) in [4.78, 5) is 1.94. The van der Waals surface area contributed by atoms with Crippen LogP contribution >= 0.6 is 0 Å². The Morgan fingerprint density at radius 2 is 1.94 bits per heavy atom. The fourth-order valence-corrected chi connectivity index (χ4v) is 3.07. The van der Waals surface area contributed by atoms with Crippen molar-refractivity contribution in [3.63, 3.8) is 0 Å². The Labute approximate surface area is 100 Å². The van der Waals surface area contributed by atoms with E-state index in [9.17, 15) is 8.42 Å². The Morgan fingerprint density at radius 1 is 1.29 bits per heavy atom. The van der Waals surface area contributed by atoms with E-state index >= 15 is 0 Å².